The zero-order valence-electron chi connectivity index (χ0n) is 16.4. The quantitative estimate of drug-likeness (QED) is 0.310. The van der Waals surface area contributed by atoms with Crippen molar-refractivity contribution in [3.05, 3.63) is 36.4 Å². The van der Waals surface area contributed by atoms with Gasteiger partial charge in [-0.25, -0.2) is 0 Å². The first-order valence-corrected chi connectivity index (χ1v) is 9.63. The standard InChI is InChI=1S/C20H28O10/c1-3-10-4-6-11(7-5-10)29-20-18(26)16(24)14(22)12(30-20)8-27-19-17(25)15(23)13(21)9(2)28-19/h3-7,9,12-26H,1,8H2,2H3/t9-,12+,13-,14+,15+,16-,17+,18+,19-,20+/m0/s1. The Balaban J connectivity index is 1.63. The summed E-state index contributed by atoms with van der Waals surface area (Å²) in [5, 5.41) is 60.2. The molecule has 2 aliphatic rings. The van der Waals surface area contributed by atoms with E-state index in [-0.39, 0.29) is 6.61 Å². The highest BCUT2D eigenvalue weighted by Gasteiger charge is 2.47. The van der Waals surface area contributed by atoms with Gasteiger partial charge in [0.2, 0.25) is 6.29 Å². The van der Waals surface area contributed by atoms with Crippen LogP contribution in [0.3, 0.4) is 0 Å². The van der Waals surface area contributed by atoms with Crippen LogP contribution in [0.1, 0.15) is 12.5 Å². The third kappa shape index (κ3) is 4.83. The molecule has 30 heavy (non-hydrogen) atoms. The molecule has 0 aromatic heterocycles. The number of aliphatic hydroxyl groups excluding tert-OH is 6. The van der Waals surface area contributed by atoms with Crippen LogP contribution in [0.2, 0.25) is 0 Å². The second-order valence-corrected chi connectivity index (χ2v) is 7.42. The van der Waals surface area contributed by atoms with Crippen molar-refractivity contribution >= 4 is 6.08 Å². The Bertz CT molecular complexity index is 697. The van der Waals surface area contributed by atoms with Gasteiger partial charge in [0.05, 0.1) is 12.7 Å². The first-order valence-electron chi connectivity index (χ1n) is 9.63. The van der Waals surface area contributed by atoms with Crippen LogP contribution in [0.5, 0.6) is 5.75 Å². The van der Waals surface area contributed by atoms with Gasteiger partial charge in [-0.3, -0.25) is 0 Å². The predicted molar refractivity (Wildman–Crippen MR) is 102 cm³/mol. The maximum absolute atomic E-state index is 10.2. The van der Waals surface area contributed by atoms with E-state index in [9.17, 15) is 30.6 Å². The molecule has 0 saturated carbocycles. The highest BCUT2D eigenvalue weighted by molar-refractivity contribution is 5.48. The summed E-state index contributed by atoms with van der Waals surface area (Å²) in [4.78, 5) is 0. The monoisotopic (exact) mass is 428 g/mol. The van der Waals surface area contributed by atoms with Crippen molar-refractivity contribution in [1.29, 1.82) is 0 Å². The van der Waals surface area contributed by atoms with Crippen molar-refractivity contribution < 1.29 is 49.6 Å². The molecule has 2 aliphatic heterocycles. The van der Waals surface area contributed by atoms with E-state index in [4.69, 9.17) is 18.9 Å². The maximum Gasteiger partial charge on any atom is 0.229 e. The topological polar surface area (TPSA) is 158 Å². The van der Waals surface area contributed by atoms with Gasteiger partial charge < -0.3 is 49.6 Å². The van der Waals surface area contributed by atoms with Gasteiger partial charge in [-0.2, -0.15) is 0 Å². The summed E-state index contributed by atoms with van der Waals surface area (Å²) >= 11 is 0. The SMILES string of the molecule is C=Cc1ccc(O[C@@H]2O[C@H](CO[C@H]3O[C@@H](C)[C@H](O)[C@@H](O)[C@H]3O)[C@@H](O)[C@H](O)[C@H]2O)cc1. The van der Waals surface area contributed by atoms with Crippen molar-refractivity contribution in [3.8, 4) is 5.75 Å². The Kier molecular flexibility index (Phi) is 7.45. The van der Waals surface area contributed by atoms with E-state index in [0.717, 1.165) is 5.56 Å². The molecule has 2 fully saturated rings. The second-order valence-electron chi connectivity index (χ2n) is 7.42. The summed E-state index contributed by atoms with van der Waals surface area (Å²) in [6.07, 6.45) is -11.7. The van der Waals surface area contributed by atoms with E-state index >= 15 is 0 Å². The second kappa shape index (κ2) is 9.69. The van der Waals surface area contributed by atoms with E-state index in [1.54, 1.807) is 30.3 Å². The van der Waals surface area contributed by atoms with Crippen LogP contribution < -0.4 is 4.74 Å². The average Bonchev–Trinajstić information content (AvgIpc) is 2.75. The van der Waals surface area contributed by atoms with Crippen LogP contribution in [-0.4, -0.2) is 98.7 Å². The molecule has 0 bridgehead atoms. The lowest BCUT2D eigenvalue weighted by molar-refractivity contribution is -0.318. The van der Waals surface area contributed by atoms with Gasteiger partial charge >= 0.3 is 0 Å². The average molecular weight is 428 g/mol. The van der Waals surface area contributed by atoms with Crippen LogP contribution in [0.4, 0.5) is 0 Å². The fourth-order valence-corrected chi connectivity index (χ4v) is 3.31. The van der Waals surface area contributed by atoms with Crippen molar-refractivity contribution in [3.63, 3.8) is 0 Å². The van der Waals surface area contributed by atoms with Gasteiger partial charge in [-0.15, -0.1) is 0 Å². The van der Waals surface area contributed by atoms with Gasteiger partial charge in [0.25, 0.3) is 0 Å². The number of benzene rings is 1. The summed E-state index contributed by atoms with van der Waals surface area (Å²) in [6, 6.07) is 6.75. The first kappa shape index (κ1) is 23.1. The largest absolute Gasteiger partial charge is 0.462 e. The molecule has 0 amide bonds. The Morgan fingerprint density at radius 1 is 0.833 bits per heavy atom. The number of aliphatic hydroxyl groups is 6. The summed E-state index contributed by atoms with van der Waals surface area (Å²) in [5.41, 5.74) is 0.863. The fourth-order valence-electron chi connectivity index (χ4n) is 3.31. The zero-order chi connectivity index (χ0) is 22.0. The molecule has 10 nitrogen and oxygen atoms in total. The molecule has 1 aromatic rings. The van der Waals surface area contributed by atoms with E-state index in [2.05, 4.69) is 6.58 Å². The van der Waals surface area contributed by atoms with Crippen molar-refractivity contribution in [2.45, 2.75) is 68.3 Å². The minimum Gasteiger partial charge on any atom is -0.462 e. The summed E-state index contributed by atoms with van der Waals surface area (Å²) in [5.74, 6) is 0.366. The minimum absolute atomic E-state index is 0.350. The molecule has 0 radical (unpaired) electrons. The molecule has 3 rings (SSSR count). The van der Waals surface area contributed by atoms with Crippen LogP contribution >= 0.6 is 0 Å². The van der Waals surface area contributed by atoms with E-state index in [1.807, 2.05) is 0 Å². The fraction of sp³-hybridized carbons (Fsp3) is 0.600. The van der Waals surface area contributed by atoms with E-state index in [0.29, 0.717) is 5.75 Å². The molecule has 2 saturated heterocycles. The first-order chi connectivity index (χ1) is 14.2. The van der Waals surface area contributed by atoms with Crippen molar-refractivity contribution in [1.82, 2.24) is 0 Å². The molecular weight excluding hydrogens is 400 g/mol. The molecule has 6 N–H and O–H groups in total. The Morgan fingerprint density at radius 3 is 2.07 bits per heavy atom. The lowest BCUT2D eigenvalue weighted by Crippen LogP contribution is -2.61. The summed E-state index contributed by atoms with van der Waals surface area (Å²) in [6.45, 7) is 4.81. The molecule has 0 unspecified atom stereocenters. The van der Waals surface area contributed by atoms with Crippen LogP contribution in [0, 0.1) is 0 Å². The molecular formula is C20H28O10. The Morgan fingerprint density at radius 2 is 1.43 bits per heavy atom. The molecule has 10 heteroatoms. The number of hydrogen-bond donors (Lipinski definition) is 6. The maximum atomic E-state index is 10.2. The molecule has 0 aliphatic carbocycles. The highest BCUT2D eigenvalue weighted by Crippen LogP contribution is 2.27. The Hall–Kier alpha value is -1.60. The molecule has 1 aromatic carbocycles. The third-order valence-electron chi connectivity index (χ3n) is 5.27. The van der Waals surface area contributed by atoms with Gasteiger partial charge in [0.1, 0.15) is 48.5 Å². The van der Waals surface area contributed by atoms with Crippen molar-refractivity contribution in [2.75, 3.05) is 6.61 Å². The summed E-state index contributed by atoms with van der Waals surface area (Å²) < 4.78 is 21.9. The third-order valence-corrected chi connectivity index (χ3v) is 5.27. The van der Waals surface area contributed by atoms with Crippen molar-refractivity contribution in [2.24, 2.45) is 0 Å². The number of ether oxygens (including phenoxy) is 4. The number of hydrogen-bond acceptors (Lipinski definition) is 10. The predicted octanol–water partition coefficient (Wildman–Crippen LogP) is -1.64. The van der Waals surface area contributed by atoms with Crippen LogP contribution in [0.15, 0.2) is 30.8 Å². The van der Waals surface area contributed by atoms with E-state index < -0.39 is 61.4 Å². The molecule has 10 atom stereocenters. The minimum atomic E-state index is -1.58. The van der Waals surface area contributed by atoms with Gasteiger partial charge in [0.15, 0.2) is 6.29 Å². The summed E-state index contributed by atoms with van der Waals surface area (Å²) in [7, 11) is 0. The highest BCUT2D eigenvalue weighted by atomic mass is 16.7. The van der Waals surface area contributed by atoms with Gasteiger partial charge in [0, 0.05) is 0 Å². The lowest BCUT2D eigenvalue weighted by atomic mass is 9.98. The van der Waals surface area contributed by atoms with Crippen LogP contribution in [0.25, 0.3) is 6.08 Å². The number of rotatable bonds is 6. The zero-order valence-corrected chi connectivity index (χ0v) is 16.4. The smallest absolute Gasteiger partial charge is 0.229 e. The Labute approximate surface area is 173 Å². The molecule has 168 valence electrons. The van der Waals surface area contributed by atoms with Gasteiger partial charge in [-0.05, 0) is 24.6 Å². The van der Waals surface area contributed by atoms with E-state index in [1.165, 1.54) is 6.92 Å². The van der Waals surface area contributed by atoms with Crippen LogP contribution in [-0.2, 0) is 14.2 Å². The lowest BCUT2D eigenvalue weighted by Gasteiger charge is -2.42. The van der Waals surface area contributed by atoms with Gasteiger partial charge in [-0.1, -0.05) is 24.8 Å². The molecule has 2 heterocycles. The normalized spacial score (nSPS) is 42.0. The molecule has 0 spiro atoms.